The predicted octanol–water partition coefficient (Wildman–Crippen LogP) is 9.87. The van der Waals surface area contributed by atoms with E-state index in [0.29, 0.717) is 10.9 Å². The number of hydrogen-bond donors (Lipinski definition) is 2. The molecule has 3 aromatic rings. The largest absolute Gasteiger partial charge is 0.477 e. The lowest BCUT2D eigenvalue weighted by molar-refractivity contribution is 0.0690. The Morgan fingerprint density at radius 3 is 2.38 bits per heavy atom. The van der Waals surface area contributed by atoms with E-state index in [1.54, 1.807) is 23.5 Å². The number of thiazole rings is 1. The van der Waals surface area contributed by atoms with Crippen LogP contribution >= 0.6 is 22.9 Å². The van der Waals surface area contributed by atoms with Gasteiger partial charge in [0.25, 0.3) is 0 Å². The van der Waals surface area contributed by atoms with E-state index in [4.69, 9.17) is 11.6 Å². The van der Waals surface area contributed by atoms with E-state index in [1.165, 1.54) is 69.2 Å². The molecule has 1 aromatic carbocycles. The summed E-state index contributed by atoms with van der Waals surface area (Å²) in [5, 5.41) is 16.7. The number of hydrogen-bond acceptors (Lipinski definition) is 5. The fourth-order valence-corrected chi connectivity index (χ4v) is 6.22. The molecule has 1 aliphatic carbocycles. The third-order valence-corrected chi connectivity index (χ3v) is 8.93. The maximum Gasteiger partial charge on any atom is 0.354 e. The van der Waals surface area contributed by atoms with Crippen molar-refractivity contribution in [1.29, 1.82) is 0 Å². The first-order valence-corrected chi connectivity index (χ1v) is 16.2. The number of halogens is 1. The number of unbranched alkanes of at least 4 members (excludes halogenated alkanes) is 7. The summed E-state index contributed by atoms with van der Waals surface area (Å²) in [6.45, 7) is 7.81. The van der Waals surface area contributed by atoms with Gasteiger partial charge in [0, 0.05) is 22.2 Å². The Labute approximate surface area is 249 Å². The van der Waals surface area contributed by atoms with Crippen molar-refractivity contribution in [2.45, 2.75) is 109 Å². The minimum Gasteiger partial charge on any atom is -0.477 e. The van der Waals surface area contributed by atoms with Crippen LogP contribution < -0.4 is 5.32 Å². The smallest absolute Gasteiger partial charge is 0.354 e. The van der Waals surface area contributed by atoms with Crippen molar-refractivity contribution in [1.82, 2.24) is 15.3 Å². The molecule has 0 amide bonds. The maximum atomic E-state index is 11.2. The van der Waals surface area contributed by atoms with Crippen LogP contribution in [0.3, 0.4) is 0 Å². The molecule has 1 fully saturated rings. The van der Waals surface area contributed by atoms with Gasteiger partial charge in [-0.1, -0.05) is 94.5 Å². The molecule has 0 spiro atoms. The van der Waals surface area contributed by atoms with Gasteiger partial charge >= 0.3 is 5.97 Å². The lowest BCUT2D eigenvalue weighted by atomic mass is 9.93. The van der Waals surface area contributed by atoms with Crippen LogP contribution in [0.4, 0.5) is 0 Å². The number of aromatic carboxylic acids is 1. The van der Waals surface area contributed by atoms with Crippen LogP contribution in [0.2, 0.25) is 5.02 Å². The summed E-state index contributed by atoms with van der Waals surface area (Å²) in [7, 11) is 0. The molecule has 218 valence electrons. The molecule has 40 heavy (non-hydrogen) atoms. The molecule has 0 aliphatic heterocycles. The molecular formula is C33H46ClN3O2S. The average Bonchev–Trinajstić information content (AvgIpc) is 3.68. The number of rotatable bonds is 14. The fourth-order valence-electron chi connectivity index (χ4n) is 5.29. The Bertz CT molecular complexity index is 1160. The molecule has 0 unspecified atom stereocenters. The molecule has 1 aliphatic rings. The van der Waals surface area contributed by atoms with Crippen LogP contribution in [0.5, 0.6) is 0 Å². The number of carbonyl (C=O) groups is 1. The highest BCUT2D eigenvalue weighted by Gasteiger charge is 2.23. The van der Waals surface area contributed by atoms with Gasteiger partial charge in [-0.15, -0.1) is 11.3 Å². The van der Waals surface area contributed by atoms with Crippen LogP contribution in [-0.4, -0.2) is 27.6 Å². The monoisotopic (exact) mass is 583 g/mol. The second-order valence-electron chi connectivity index (χ2n) is 11.3. The van der Waals surface area contributed by atoms with Gasteiger partial charge in [-0.2, -0.15) is 0 Å². The molecule has 2 N–H and O–H groups in total. The summed E-state index contributed by atoms with van der Waals surface area (Å²) in [5.41, 5.74) is 2.87. The Hall–Kier alpha value is -2.28. The quantitative estimate of drug-likeness (QED) is 0.185. The summed E-state index contributed by atoms with van der Waals surface area (Å²) in [5.74, 6) is -0.537. The summed E-state index contributed by atoms with van der Waals surface area (Å²) in [6, 6.07) is 11.0. The molecule has 4 rings (SSSR count). The number of carboxylic acids is 1. The average molecular weight is 584 g/mol. The molecule has 2 aromatic heterocycles. The number of nitrogens with zero attached hydrogens (tertiary/aromatic N) is 2. The lowest BCUT2D eigenvalue weighted by Crippen LogP contribution is -2.37. The topological polar surface area (TPSA) is 75.1 Å². The summed E-state index contributed by atoms with van der Waals surface area (Å²) in [6.07, 6.45) is 17.6. The number of aromatic nitrogens is 2. The fraction of sp³-hybridized carbons (Fsp3) is 0.545. The first-order valence-electron chi connectivity index (χ1n) is 15.0. The second-order valence-corrected chi connectivity index (χ2v) is 12.6. The van der Waals surface area contributed by atoms with Crippen molar-refractivity contribution in [3.8, 4) is 11.3 Å². The van der Waals surface area contributed by atoms with E-state index in [-0.39, 0.29) is 11.2 Å². The van der Waals surface area contributed by atoms with E-state index in [9.17, 15) is 9.90 Å². The van der Waals surface area contributed by atoms with E-state index >= 15 is 0 Å². The normalized spacial score (nSPS) is 13.7. The Morgan fingerprint density at radius 2 is 1.75 bits per heavy atom. The van der Waals surface area contributed by atoms with Crippen LogP contribution in [0.1, 0.15) is 125 Å². The van der Waals surface area contributed by atoms with E-state index in [0.717, 1.165) is 36.2 Å². The van der Waals surface area contributed by atoms with E-state index in [1.807, 2.05) is 30.5 Å². The highest BCUT2D eigenvalue weighted by atomic mass is 35.5. The standard InChI is InChI=1S/C17H16ClNO2.C16H30N2S/c18-13-7-3-6-12(10-13)16-14(11-4-1-2-5-11)8-9-15(19-16)17(20)21;1-4-5-6-7-8-9-10-11-12-18-16(2,3)15-17-13-14-19-15/h3,6-11H,1-2,4-5H2,(H,20,21);13-14,18H,4-12H2,1-3H3. The Morgan fingerprint density at radius 1 is 1.05 bits per heavy atom. The van der Waals surface area contributed by atoms with Gasteiger partial charge in [-0.25, -0.2) is 14.8 Å². The van der Waals surface area contributed by atoms with Crippen LogP contribution in [-0.2, 0) is 5.54 Å². The predicted molar refractivity (Wildman–Crippen MR) is 169 cm³/mol. The van der Waals surface area contributed by atoms with Gasteiger partial charge in [0.05, 0.1) is 11.2 Å². The molecule has 0 atom stereocenters. The first-order chi connectivity index (χ1) is 19.3. The Kier molecular flexibility index (Phi) is 13.6. The van der Waals surface area contributed by atoms with Crippen LogP contribution in [0, 0.1) is 0 Å². The lowest BCUT2D eigenvalue weighted by Gasteiger charge is -2.23. The number of nitrogens with one attached hydrogen (secondary N) is 1. The zero-order valence-corrected chi connectivity index (χ0v) is 26.0. The Balaban J connectivity index is 0.000000222. The van der Waals surface area contributed by atoms with Crippen molar-refractivity contribution in [3.05, 3.63) is 69.3 Å². The third-order valence-electron chi connectivity index (χ3n) is 7.60. The molecule has 2 heterocycles. The molecule has 0 saturated heterocycles. The van der Waals surface area contributed by atoms with Crippen molar-refractivity contribution < 1.29 is 9.90 Å². The highest BCUT2D eigenvalue weighted by molar-refractivity contribution is 7.09. The first kappa shape index (κ1) is 32.2. The van der Waals surface area contributed by atoms with Crippen molar-refractivity contribution in [2.24, 2.45) is 0 Å². The minimum atomic E-state index is -1.00. The molecule has 5 nitrogen and oxygen atoms in total. The van der Waals surface area contributed by atoms with Gasteiger partial charge in [-0.3, -0.25) is 0 Å². The zero-order valence-electron chi connectivity index (χ0n) is 24.4. The van der Waals surface area contributed by atoms with Gasteiger partial charge in [-0.05, 0) is 69.3 Å². The van der Waals surface area contributed by atoms with Gasteiger partial charge in [0.15, 0.2) is 0 Å². The molecule has 0 bridgehead atoms. The summed E-state index contributed by atoms with van der Waals surface area (Å²) < 4.78 is 0. The second kappa shape index (κ2) is 16.9. The molecule has 0 radical (unpaired) electrons. The van der Waals surface area contributed by atoms with Crippen LogP contribution in [0.25, 0.3) is 11.3 Å². The van der Waals surface area contributed by atoms with E-state index in [2.05, 4.69) is 41.4 Å². The van der Waals surface area contributed by atoms with Crippen molar-refractivity contribution in [2.75, 3.05) is 6.54 Å². The van der Waals surface area contributed by atoms with Crippen molar-refractivity contribution in [3.63, 3.8) is 0 Å². The van der Waals surface area contributed by atoms with E-state index < -0.39 is 5.97 Å². The third kappa shape index (κ3) is 10.3. The maximum absolute atomic E-state index is 11.2. The van der Waals surface area contributed by atoms with Gasteiger partial charge in [0.2, 0.25) is 0 Å². The summed E-state index contributed by atoms with van der Waals surface area (Å²) in [4.78, 5) is 20.0. The summed E-state index contributed by atoms with van der Waals surface area (Å²) >= 11 is 7.80. The number of carboxylic acid groups (broad SMARTS) is 1. The SMILES string of the molecule is CCCCCCCCCCNC(C)(C)c1nccs1.O=C(O)c1ccc(C2CCCC2)c(-c2cccc(Cl)c2)n1. The zero-order chi connectivity index (χ0) is 28.8. The van der Waals surface area contributed by atoms with Gasteiger partial charge in [0.1, 0.15) is 10.7 Å². The molecule has 7 heteroatoms. The number of pyridine rings is 1. The minimum absolute atomic E-state index is 0.0231. The van der Waals surface area contributed by atoms with Crippen molar-refractivity contribution >= 4 is 28.9 Å². The molecular weight excluding hydrogens is 538 g/mol. The van der Waals surface area contributed by atoms with Crippen LogP contribution in [0.15, 0.2) is 48.0 Å². The molecule has 1 saturated carbocycles. The highest BCUT2D eigenvalue weighted by Crippen LogP contribution is 2.39. The number of benzene rings is 1. The van der Waals surface area contributed by atoms with Gasteiger partial charge < -0.3 is 10.4 Å².